The van der Waals surface area contributed by atoms with Crippen molar-refractivity contribution in [3.63, 3.8) is 0 Å². The summed E-state index contributed by atoms with van der Waals surface area (Å²) in [7, 11) is 1.66. The molecule has 0 saturated heterocycles. The van der Waals surface area contributed by atoms with E-state index in [4.69, 9.17) is 10.5 Å². The van der Waals surface area contributed by atoms with Crippen molar-refractivity contribution in [2.24, 2.45) is 5.73 Å². The average Bonchev–Trinajstić information content (AvgIpc) is 2.27. The lowest BCUT2D eigenvalue weighted by molar-refractivity contribution is 0.157. The van der Waals surface area contributed by atoms with Crippen LogP contribution in [0, 0.1) is 0 Å². The van der Waals surface area contributed by atoms with Gasteiger partial charge in [0, 0.05) is 0 Å². The van der Waals surface area contributed by atoms with Crippen LogP contribution in [0.4, 0.5) is 0 Å². The number of aryl methyl sites for hydroxylation is 1. The molecule has 1 unspecified atom stereocenters. The molecule has 0 saturated carbocycles. The predicted molar refractivity (Wildman–Crippen MR) is 61.0 cm³/mol. The van der Waals surface area contributed by atoms with Gasteiger partial charge in [-0.3, -0.25) is 0 Å². The molecule has 1 aromatic carbocycles. The van der Waals surface area contributed by atoms with Crippen LogP contribution >= 0.6 is 0 Å². The third-order valence-corrected chi connectivity index (χ3v) is 2.44. The van der Waals surface area contributed by atoms with Gasteiger partial charge in [0.15, 0.2) is 0 Å². The maximum atomic E-state index is 9.55. The summed E-state index contributed by atoms with van der Waals surface area (Å²) in [4.78, 5) is 0. The topological polar surface area (TPSA) is 55.5 Å². The highest BCUT2D eigenvalue weighted by Gasteiger charge is 2.06. The molecule has 0 fully saturated rings. The first-order valence-corrected chi connectivity index (χ1v) is 5.28. The fourth-order valence-corrected chi connectivity index (χ4v) is 1.57. The van der Waals surface area contributed by atoms with Gasteiger partial charge in [-0.05, 0) is 37.4 Å². The second-order valence-corrected chi connectivity index (χ2v) is 3.58. The highest BCUT2D eigenvalue weighted by molar-refractivity contribution is 5.33. The Morgan fingerprint density at radius 1 is 1.33 bits per heavy atom. The molecule has 0 radical (unpaired) electrons. The number of aliphatic hydroxyl groups is 1. The Morgan fingerprint density at radius 2 is 2.07 bits per heavy atom. The van der Waals surface area contributed by atoms with E-state index in [0.29, 0.717) is 13.0 Å². The summed E-state index contributed by atoms with van der Waals surface area (Å²) in [6, 6.07) is 7.88. The van der Waals surface area contributed by atoms with Crippen molar-refractivity contribution in [2.45, 2.75) is 25.4 Å². The zero-order valence-electron chi connectivity index (χ0n) is 9.15. The number of nitrogens with two attached hydrogens (primary N) is 1. The van der Waals surface area contributed by atoms with Crippen molar-refractivity contribution in [1.82, 2.24) is 0 Å². The largest absolute Gasteiger partial charge is 0.496 e. The van der Waals surface area contributed by atoms with E-state index in [9.17, 15) is 5.11 Å². The predicted octanol–water partition coefficient (Wildman–Crippen LogP) is 1.34. The van der Waals surface area contributed by atoms with Crippen LogP contribution in [0.3, 0.4) is 0 Å². The summed E-state index contributed by atoms with van der Waals surface area (Å²) in [6.45, 7) is 0.535. The molecule has 1 rings (SSSR count). The average molecular weight is 209 g/mol. The van der Waals surface area contributed by atoms with Crippen molar-refractivity contribution >= 4 is 0 Å². The molecular formula is C12H19NO2. The zero-order valence-corrected chi connectivity index (χ0v) is 9.15. The molecule has 0 aliphatic carbocycles. The molecule has 1 atom stereocenters. The number of methoxy groups -OCH3 is 1. The molecule has 1 aromatic rings. The van der Waals surface area contributed by atoms with E-state index < -0.39 is 0 Å². The van der Waals surface area contributed by atoms with Crippen LogP contribution in [0.2, 0.25) is 0 Å². The van der Waals surface area contributed by atoms with Gasteiger partial charge in [-0.25, -0.2) is 0 Å². The van der Waals surface area contributed by atoms with E-state index in [1.165, 1.54) is 0 Å². The lowest BCUT2D eigenvalue weighted by Gasteiger charge is -2.11. The molecule has 0 spiro atoms. The van der Waals surface area contributed by atoms with Crippen LogP contribution < -0.4 is 10.5 Å². The second-order valence-electron chi connectivity index (χ2n) is 3.58. The summed E-state index contributed by atoms with van der Waals surface area (Å²) in [5.41, 5.74) is 6.51. The Labute approximate surface area is 90.9 Å². The SMILES string of the molecule is COc1ccccc1CCC(O)CCN. The van der Waals surface area contributed by atoms with Crippen molar-refractivity contribution in [3.8, 4) is 5.75 Å². The first-order valence-electron chi connectivity index (χ1n) is 5.28. The molecule has 84 valence electrons. The number of ether oxygens (including phenoxy) is 1. The van der Waals surface area contributed by atoms with Gasteiger partial charge in [0.2, 0.25) is 0 Å². The second kappa shape index (κ2) is 6.43. The molecule has 0 heterocycles. The Hall–Kier alpha value is -1.06. The number of para-hydroxylation sites is 1. The first-order chi connectivity index (χ1) is 7.27. The Kier molecular flexibility index (Phi) is 5.15. The van der Waals surface area contributed by atoms with Crippen LogP contribution in [0.5, 0.6) is 5.75 Å². The van der Waals surface area contributed by atoms with Gasteiger partial charge in [0.05, 0.1) is 13.2 Å². The van der Waals surface area contributed by atoms with Crippen LogP contribution in [-0.4, -0.2) is 24.9 Å². The van der Waals surface area contributed by atoms with E-state index in [0.717, 1.165) is 24.2 Å². The summed E-state index contributed by atoms with van der Waals surface area (Å²) in [5, 5.41) is 9.55. The highest BCUT2D eigenvalue weighted by Crippen LogP contribution is 2.19. The fourth-order valence-electron chi connectivity index (χ4n) is 1.57. The maximum Gasteiger partial charge on any atom is 0.122 e. The normalized spacial score (nSPS) is 12.5. The summed E-state index contributed by atoms with van der Waals surface area (Å²) in [5.74, 6) is 0.887. The molecule has 3 nitrogen and oxygen atoms in total. The van der Waals surface area contributed by atoms with Gasteiger partial charge in [-0.2, -0.15) is 0 Å². The number of rotatable bonds is 6. The summed E-state index contributed by atoms with van der Waals surface area (Å²) in [6.07, 6.45) is 1.91. The first kappa shape index (κ1) is 12.0. The van der Waals surface area contributed by atoms with Crippen molar-refractivity contribution in [2.75, 3.05) is 13.7 Å². The molecule has 0 bridgehead atoms. The van der Waals surface area contributed by atoms with Gasteiger partial charge >= 0.3 is 0 Å². The van der Waals surface area contributed by atoms with Crippen molar-refractivity contribution in [3.05, 3.63) is 29.8 Å². The summed E-state index contributed by atoms with van der Waals surface area (Å²) >= 11 is 0. The third-order valence-electron chi connectivity index (χ3n) is 2.44. The molecule has 15 heavy (non-hydrogen) atoms. The minimum atomic E-state index is -0.306. The molecule has 0 aromatic heterocycles. The van der Waals surface area contributed by atoms with E-state index in [2.05, 4.69) is 0 Å². The molecule has 0 amide bonds. The van der Waals surface area contributed by atoms with E-state index >= 15 is 0 Å². The minimum absolute atomic E-state index is 0.306. The highest BCUT2D eigenvalue weighted by atomic mass is 16.5. The fraction of sp³-hybridized carbons (Fsp3) is 0.500. The lowest BCUT2D eigenvalue weighted by atomic mass is 10.0. The molecule has 0 aliphatic rings. The smallest absolute Gasteiger partial charge is 0.122 e. The van der Waals surface area contributed by atoms with Gasteiger partial charge in [-0.15, -0.1) is 0 Å². The van der Waals surface area contributed by atoms with E-state index in [1.807, 2.05) is 24.3 Å². The monoisotopic (exact) mass is 209 g/mol. The number of benzene rings is 1. The maximum absolute atomic E-state index is 9.55. The van der Waals surface area contributed by atoms with Crippen LogP contribution in [0.1, 0.15) is 18.4 Å². The lowest BCUT2D eigenvalue weighted by Crippen LogP contribution is -2.14. The standard InChI is InChI=1S/C12H19NO2/c1-15-12-5-3-2-4-10(12)6-7-11(14)8-9-13/h2-5,11,14H,6-9,13H2,1H3. The van der Waals surface area contributed by atoms with Crippen molar-refractivity contribution < 1.29 is 9.84 Å². The Morgan fingerprint density at radius 3 is 2.73 bits per heavy atom. The van der Waals surface area contributed by atoms with E-state index in [-0.39, 0.29) is 6.10 Å². The van der Waals surface area contributed by atoms with Gasteiger partial charge in [-0.1, -0.05) is 18.2 Å². The van der Waals surface area contributed by atoms with Gasteiger partial charge in [0.1, 0.15) is 5.75 Å². The minimum Gasteiger partial charge on any atom is -0.496 e. The number of hydrogen-bond acceptors (Lipinski definition) is 3. The van der Waals surface area contributed by atoms with Crippen LogP contribution in [0.25, 0.3) is 0 Å². The number of hydrogen-bond donors (Lipinski definition) is 2. The van der Waals surface area contributed by atoms with Crippen LogP contribution in [0.15, 0.2) is 24.3 Å². The number of aliphatic hydroxyl groups excluding tert-OH is 1. The molecular weight excluding hydrogens is 190 g/mol. The van der Waals surface area contributed by atoms with Crippen molar-refractivity contribution in [1.29, 1.82) is 0 Å². The molecule has 0 aliphatic heterocycles. The summed E-state index contributed by atoms with van der Waals surface area (Å²) < 4.78 is 5.23. The quantitative estimate of drug-likeness (QED) is 0.743. The van der Waals surface area contributed by atoms with Crippen LogP contribution in [-0.2, 0) is 6.42 Å². The van der Waals surface area contributed by atoms with Gasteiger partial charge in [0.25, 0.3) is 0 Å². The third kappa shape index (κ3) is 3.90. The zero-order chi connectivity index (χ0) is 11.1. The van der Waals surface area contributed by atoms with Gasteiger partial charge < -0.3 is 15.6 Å². The molecule has 3 heteroatoms. The van der Waals surface area contributed by atoms with E-state index in [1.54, 1.807) is 7.11 Å². The Bertz CT molecular complexity index is 289. The molecule has 3 N–H and O–H groups in total. The Balaban J connectivity index is 2.49.